The highest BCUT2D eigenvalue weighted by Crippen LogP contribution is 2.36. The SMILES string of the molecule is O=C(c1ccc(F)cc1)N1CCCC(C(=O)N2CCSc3ccccc32)C1. The predicted molar refractivity (Wildman–Crippen MR) is 105 cm³/mol. The van der Waals surface area contributed by atoms with Gasteiger partial charge in [0.15, 0.2) is 0 Å². The van der Waals surface area contributed by atoms with Gasteiger partial charge in [0.25, 0.3) is 5.91 Å². The van der Waals surface area contributed by atoms with Gasteiger partial charge in [-0.3, -0.25) is 9.59 Å². The number of amides is 2. The molecule has 0 saturated carbocycles. The van der Waals surface area contributed by atoms with Crippen LogP contribution in [-0.4, -0.2) is 42.1 Å². The first-order chi connectivity index (χ1) is 13.1. The first kappa shape index (κ1) is 18.0. The number of benzene rings is 2. The molecule has 4 nitrogen and oxygen atoms in total. The van der Waals surface area contributed by atoms with Crippen LogP contribution in [0.4, 0.5) is 10.1 Å². The summed E-state index contributed by atoms with van der Waals surface area (Å²) in [6.07, 6.45) is 1.59. The van der Waals surface area contributed by atoms with E-state index in [-0.39, 0.29) is 23.5 Å². The first-order valence-electron chi connectivity index (χ1n) is 9.21. The monoisotopic (exact) mass is 384 g/mol. The fourth-order valence-corrected chi connectivity index (χ4v) is 4.75. The normalized spacial score (nSPS) is 19.5. The van der Waals surface area contributed by atoms with E-state index in [9.17, 15) is 14.0 Å². The van der Waals surface area contributed by atoms with E-state index in [1.165, 1.54) is 24.3 Å². The van der Waals surface area contributed by atoms with Crippen LogP contribution in [0.2, 0.25) is 0 Å². The molecule has 27 heavy (non-hydrogen) atoms. The number of hydrogen-bond acceptors (Lipinski definition) is 3. The fourth-order valence-electron chi connectivity index (χ4n) is 3.76. The molecule has 2 heterocycles. The van der Waals surface area contributed by atoms with Crippen molar-refractivity contribution in [2.24, 2.45) is 5.92 Å². The molecule has 2 amide bonds. The van der Waals surface area contributed by atoms with Crippen LogP contribution in [0.3, 0.4) is 0 Å². The number of nitrogens with zero attached hydrogens (tertiary/aromatic N) is 2. The van der Waals surface area contributed by atoms with Crippen molar-refractivity contribution in [3.05, 3.63) is 59.9 Å². The van der Waals surface area contributed by atoms with Crippen LogP contribution in [-0.2, 0) is 4.79 Å². The van der Waals surface area contributed by atoms with Crippen molar-refractivity contribution in [1.29, 1.82) is 0 Å². The molecule has 1 fully saturated rings. The lowest BCUT2D eigenvalue weighted by Gasteiger charge is -2.36. The Hall–Kier alpha value is -2.34. The molecule has 0 spiro atoms. The second-order valence-corrected chi connectivity index (χ2v) is 8.04. The van der Waals surface area contributed by atoms with Crippen LogP contribution in [0, 0.1) is 11.7 Å². The average molecular weight is 384 g/mol. The molecular formula is C21H21FN2O2S. The number of rotatable bonds is 2. The van der Waals surface area contributed by atoms with E-state index in [1.54, 1.807) is 16.7 Å². The lowest BCUT2D eigenvalue weighted by molar-refractivity contribution is -0.123. The van der Waals surface area contributed by atoms with Gasteiger partial charge in [-0.15, -0.1) is 11.8 Å². The summed E-state index contributed by atoms with van der Waals surface area (Å²) in [6.45, 7) is 1.75. The van der Waals surface area contributed by atoms with Gasteiger partial charge in [0.1, 0.15) is 5.82 Å². The quantitative estimate of drug-likeness (QED) is 0.790. The Balaban J connectivity index is 1.49. The zero-order valence-electron chi connectivity index (χ0n) is 14.9. The number of thioether (sulfide) groups is 1. The molecule has 1 unspecified atom stereocenters. The number of anilines is 1. The Kier molecular flexibility index (Phi) is 5.16. The highest BCUT2D eigenvalue weighted by atomic mass is 32.2. The second kappa shape index (κ2) is 7.72. The third-order valence-corrected chi connectivity index (χ3v) is 6.19. The molecule has 6 heteroatoms. The number of hydrogen-bond donors (Lipinski definition) is 0. The van der Waals surface area contributed by atoms with E-state index in [1.807, 2.05) is 29.2 Å². The maximum Gasteiger partial charge on any atom is 0.253 e. The number of para-hydroxylation sites is 1. The van der Waals surface area contributed by atoms with Gasteiger partial charge in [-0.25, -0.2) is 4.39 Å². The van der Waals surface area contributed by atoms with E-state index in [0.717, 1.165) is 29.2 Å². The highest BCUT2D eigenvalue weighted by Gasteiger charge is 2.33. The van der Waals surface area contributed by atoms with Crippen LogP contribution in [0.25, 0.3) is 0 Å². The minimum absolute atomic E-state index is 0.0966. The Labute approximate surface area is 162 Å². The number of piperidine rings is 1. The van der Waals surface area contributed by atoms with E-state index in [2.05, 4.69) is 0 Å². The number of fused-ring (bicyclic) bond motifs is 1. The summed E-state index contributed by atoms with van der Waals surface area (Å²) in [7, 11) is 0. The number of carbonyl (C=O) groups excluding carboxylic acids is 2. The van der Waals surface area contributed by atoms with Crippen LogP contribution in [0.1, 0.15) is 23.2 Å². The molecule has 1 atom stereocenters. The maximum atomic E-state index is 13.2. The van der Waals surface area contributed by atoms with Gasteiger partial charge >= 0.3 is 0 Å². The van der Waals surface area contributed by atoms with Crippen LogP contribution >= 0.6 is 11.8 Å². The summed E-state index contributed by atoms with van der Waals surface area (Å²) in [6, 6.07) is 13.6. The molecule has 0 bridgehead atoms. The van der Waals surface area contributed by atoms with E-state index < -0.39 is 0 Å². The topological polar surface area (TPSA) is 40.6 Å². The summed E-state index contributed by atoms with van der Waals surface area (Å²) in [4.78, 5) is 30.7. The minimum atomic E-state index is -0.361. The van der Waals surface area contributed by atoms with Gasteiger partial charge < -0.3 is 9.80 Å². The van der Waals surface area contributed by atoms with Gasteiger partial charge in [0.2, 0.25) is 5.91 Å². The Morgan fingerprint density at radius 2 is 1.81 bits per heavy atom. The summed E-state index contributed by atoms with van der Waals surface area (Å²) in [5, 5.41) is 0. The predicted octanol–water partition coefficient (Wildman–Crippen LogP) is 3.82. The zero-order valence-corrected chi connectivity index (χ0v) is 15.8. The maximum absolute atomic E-state index is 13.2. The highest BCUT2D eigenvalue weighted by molar-refractivity contribution is 7.99. The summed E-state index contributed by atoms with van der Waals surface area (Å²) >= 11 is 1.77. The van der Waals surface area contributed by atoms with Crippen molar-refractivity contribution in [2.45, 2.75) is 17.7 Å². The third-order valence-electron chi connectivity index (χ3n) is 5.14. The van der Waals surface area contributed by atoms with Crippen LogP contribution in [0.15, 0.2) is 53.4 Å². The van der Waals surface area contributed by atoms with Crippen molar-refractivity contribution >= 4 is 29.3 Å². The number of carbonyl (C=O) groups is 2. The standard InChI is InChI=1S/C21H21FN2O2S/c22-17-9-7-15(8-10-17)20(25)23-11-3-4-16(14-23)21(26)24-12-13-27-19-6-2-1-5-18(19)24/h1-2,5-10,16H,3-4,11-14H2. The largest absolute Gasteiger partial charge is 0.338 e. The van der Waals surface area contributed by atoms with Crippen molar-refractivity contribution in [3.8, 4) is 0 Å². The van der Waals surface area contributed by atoms with Gasteiger partial charge in [-0.05, 0) is 49.2 Å². The molecule has 0 aliphatic carbocycles. The molecule has 0 radical (unpaired) electrons. The van der Waals surface area contributed by atoms with Crippen LogP contribution in [0.5, 0.6) is 0 Å². The second-order valence-electron chi connectivity index (χ2n) is 6.90. The Morgan fingerprint density at radius 1 is 1.04 bits per heavy atom. The molecule has 2 aliphatic heterocycles. The molecule has 140 valence electrons. The molecule has 0 N–H and O–H groups in total. The van der Waals surface area contributed by atoms with Crippen molar-refractivity contribution in [3.63, 3.8) is 0 Å². The van der Waals surface area contributed by atoms with E-state index in [0.29, 0.717) is 25.2 Å². The number of likely N-dealkylation sites (tertiary alicyclic amines) is 1. The molecule has 0 aromatic heterocycles. The molecule has 4 rings (SSSR count). The summed E-state index contributed by atoms with van der Waals surface area (Å²) < 4.78 is 13.1. The average Bonchev–Trinajstić information content (AvgIpc) is 2.73. The lowest BCUT2D eigenvalue weighted by Crippen LogP contribution is -2.48. The summed E-state index contributed by atoms with van der Waals surface area (Å²) in [5.41, 5.74) is 1.44. The first-order valence-corrected chi connectivity index (χ1v) is 10.2. The Bertz CT molecular complexity index is 856. The Morgan fingerprint density at radius 3 is 2.63 bits per heavy atom. The van der Waals surface area contributed by atoms with Crippen molar-refractivity contribution in [1.82, 2.24) is 4.90 Å². The molecule has 1 saturated heterocycles. The third kappa shape index (κ3) is 3.72. The summed E-state index contributed by atoms with van der Waals surface area (Å²) in [5.74, 6) is 0.286. The van der Waals surface area contributed by atoms with Gasteiger partial charge in [-0.1, -0.05) is 12.1 Å². The van der Waals surface area contributed by atoms with Crippen molar-refractivity contribution < 1.29 is 14.0 Å². The van der Waals surface area contributed by atoms with Gasteiger partial charge in [-0.2, -0.15) is 0 Å². The smallest absolute Gasteiger partial charge is 0.253 e. The fraction of sp³-hybridized carbons (Fsp3) is 0.333. The molecular weight excluding hydrogens is 363 g/mol. The zero-order chi connectivity index (χ0) is 18.8. The molecule has 2 aromatic carbocycles. The minimum Gasteiger partial charge on any atom is -0.338 e. The van der Waals surface area contributed by atoms with E-state index in [4.69, 9.17) is 0 Å². The van der Waals surface area contributed by atoms with Crippen molar-refractivity contribution in [2.75, 3.05) is 30.3 Å². The van der Waals surface area contributed by atoms with Gasteiger partial charge in [0.05, 0.1) is 11.6 Å². The molecule has 2 aromatic rings. The van der Waals surface area contributed by atoms with Crippen LogP contribution < -0.4 is 4.90 Å². The lowest BCUT2D eigenvalue weighted by atomic mass is 9.95. The van der Waals surface area contributed by atoms with Gasteiger partial charge in [0, 0.05) is 35.8 Å². The molecule has 2 aliphatic rings. The number of halogens is 1. The van der Waals surface area contributed by atoms with E-state index >= 15 is 0 Å².